The van der Waals surface area contributed by atoms with Crippen molar-refractivity contribution in [1.29, 1.82) is 0 Å². The molecule has 2 unspecified atom stereocenters. The molecule has 2 saturated heterocycles. The van der Waals surface area contributed by atoms with E-state index in [0.717, 1.165) is 19.4 Å². The van der Waals surface area contributed by atoms with E-state index in [0.29, 0.717) is 13.0 Å². The maximum atomic E-state index is 11.4. The van der Waals surface area contributed by atoms with Gasteiger partial charge >= 0.3 is 0 Å². The molecule has 0 bridgehead atoms. The molecule has 4 nitrogen and oxygen atoms in total. The number of aliphatic hydroxyl groups is 1. The summed E-state index contributed by atoms with van der Waals surface area (Å²) in [6.45, 7) is 1.64. The molecule has 5 heteroatoms. The summed E-state index contributed by atoms with van der Waals surface area (Å²) in [6, 6.07) is 0. The second-order valence-electron chi connectivity index (χ2n) is 4.59. The van der Waals surface area contributed by atoms with Crippen molar-refractivity contribution in [2.24, 2.45) is 0 Å². The van der Waals surface area contributed by atoms with Crippen LogP contribution in [0, 0.1) is 0 Å². The quantitative estimate of drug-likeness (QED) is 0.688. The van der Waals surface area contributed by atoms with Gasteiger partial charge in [-0.15, -0.1) is 0 Å². The van der Waals surface area contributed by atoms with E-state index < -0.39 is 9.84 Å². The average Bonchev–Trinajstić information content (AvgIpc) is 2.56. The standard InChI is InChI=1S/C9H17NO3S/c1-14(12,13)8-5-9(7-11)3-2-4-10(9)6-8/h8,11H,2-7H2,1H3. The summed E-state index contributed by atoms with van der Waals surface area (Å²) in [5.74, 6) is 0. The second kappa shape index (κ2) is 3.18. The van der Waals surface area contributed by atoms with Gasteiger partial charge in [0.05, 0.1) is 11.9 Å². The van der Waals surface area contributed by atoms with Crippen LogP contribution >= 0.6 is 0 Å². The minimum absolute atomic E-state index is 0.0962. The van der Waals surface area contributed by atoms with E-state index in [4.69, 9.17) is 0 Å². The molecule has 0 aromatic rings. The number of rotatable bonds is 2. The monoisotopic (exact) mass is 219 g/mol. The molecule has 2 rings (SSSR count). The number of aliphatic hydroxyl groups excluding tert-OH is 1. The average molecular weight is 219 g/mol. The van der Waals surface area contributed by atoms with Gasteiger partial charge in [-0.2, -0.15) is 0 Å². The Morgan fingerprint density at radius 2 is 2.29 bits per heavy atom. The molecule has 2 aliphatic heterocycles. The summed E-state index contributed by atoms with van der Waals surface area (Å²) in [7, 11) is -2.95. The molecule has 2 heterocycles. The lowest BCUT2D eigenvalue weighted by Crippen LogP contribution is -2.41. The molecule has 0 aliphatic carbocycles. The topological polar surface area (TPSA) is 57.6 Å². The van der Waals surface area contributed by atoms with Gasteiger partial charge in [-0.1, -0.05) is 0 Å². The summed E-state index contributed by atoms with van der Waals surface area (Å²) in [4.78, 5) is 2.15. The first-order chi connectivity index (χ1) is 6.48. The van der Waals surface area contributed by atoms with Crippen LogP contribution in [-0.2, 0) is 9.84 Å². The molecule has 0 radical (unpaired) electrons. The molecule has 0 saturated carbocycles. The largest absolute Gasteiger partial charge is 0.394 e. The first-order valence-corrected chi connectivity index (χ1v) is 6.98. The zero-order valence-corrected chi connectivity index (χ0v) is 9.26. The van der Waals surface area contributed by atoms with Crippen molar-refractivity contribution in [2.75, 3.05) is 26.0 Å². The molecule has 2 fully saturated rings. The normalized spacial score (nSPS) is 38.9. The van der Waals surface area contributed by atoms with Crippen LogP contribution in [0.5, 0.6) is 0 Å². The highest BCUT2D eigenvalue weighted by Crippen LogP contribution is 2.40. The zero-order chi connectivity index (χ0) is 10.4. The Kier molecular flexibility index (Phi) is 2.36. The fourth-order valence-electron chi connectivity index (χ4n) is 2.77. The van der Waals surface area contributed by atoms with Crippen LogP contribution in [0.2, 0.25) is 0 Å². The zero-order valence-electron chi connectivity index (χ0n) is 8.44. The van der Waals surface area contributed by atoms with Gasteiger partial charge in [-0.3, -0.25) is 4.90 Å². The van der Waals surface area contributed by atoms with E-state index in [1.807, 2.05) is 0 Å². The van der Waals surface area contributed by atoms with Crippen LogP contribution in [0.15, 0.2) is 0 Å². The predicted octanol–water partition coefficient (Wildman–Crippen LogP) is -0.370. The Labute approximate surface area is 84.8 Å². The van der Waals surface area contributed by atoms with E-state index >= 15 is 0 Å². The second-order valence-corrected chi connectivity index (χ2v) is 6.91. The molecular weight excluding hydrogens is 202 g/mol. The van der Waals surface area contributed by atoms with Gasteiger partial charge in [-0.05, 0) is 25.8 Å². The summed E-state index contributed by atoms with van der Waals surface area (Å²) < 4.78 is 22.8. The SMILES string of the molecule is CS(=O)(=O)C1CN2CCCC2(CO)C1. The van der Waals surface area contributed by atoms with Crippen molar-refractivity contribution >= 4 is 9.84 Å². The van der Waals surface area contributed by atoms with E-state index in [2.05, 4.69) is 4.90 Å². The molecular formula is C9H17NO3S. The molecule has 0 amide bonds. The summed E-state index contributed by atoms with van der Waals surface area (Å²) in [5.41, 5.74) is -0.215. The minimum Gasteiger partial charge on any atom is -0.394 e. The van der Waals surface area contributed by atoms with Crippen molar-refractivity contribution in [3.05, 3.63) is 0 Å². The first kappa shape index (κ1) is 10.4. The van der Waals surface area contributed by atoms with Crippen LogP contribution in [0.4, 0.5) is 0 Å². The van der Waals surface area contributed by atoms with Crippen molar-refractivity contribution in [1.82, 2.24) is 4.90 Å². The van der Waals surface area contributed by atoms with Crippen LogP contribution in [0.3, 0.4) is 0 Å². The van der Waals surface area contributed by atoms with Gasteiger partial charge in [-0.25, -0.2) is 8.42 Å². The predicted molar refractivity (Wildman–Crippen MR) is 53.9 cm³/mol. The lowest BCUT2D eigenvalue weighted by Gasteiger charge is -2.29. The molecule has 0 spiro atoms. The van der Waals surface area contributed by atoms with Gasteiger partial charge in [0.1, 0.15) is 0 Å². The van der Waals surface area contributed by atoms with Crippen molar-refractivity contribution < 1.29 is 13.5 Å². The number of fused-ring (bicyclic) bond motifs is 1. The highest BCUT2D eigenvalue weighted by molar-refractivity contribution is 7.91. The van der Waals surface area contributed by atoms with Crippen LogP contribution in [-0.4, -0.2) is 55.2 Å². The van der Waals surface area contributed by atoms with Gasteiger partial charge in [0, 0.05) is 18.3 Å². The van der Waals surface area contributed by atoms with Gasteiger partial charge in [0.15, 0.2) is 9.84 Å². The van der Waals surface area contributed by atoms with Crippen molar-refractivity contribution in [3.63, 3.8) is 0 Å². The molecule has 0 aromatic heterocycles. The molecule has 2 aliphatic rings. The van der Waals surface area contributed by atoms with Crippen molar-refractivity contribution in [2.45, 2.75) is 30.1 Å². The Balaban J connectivity index is 2.21. The van der Waals surface area contributed by atoms with Gasteiger partial charge in [0.25, 0.3) is 0 Å². The molecule has 0 aromatic carbocycles. The van der Waals surface area contributed by atoms with Crippen LogP contribution < -0.4 is 0 Å². The van der Waals surface area contributed by atoms with Gasteiger partial charge in [0.2, 0.25) is 0 Å². The third kappa shape index (κ3) is 1.47. The van der Waals surface area contributed by atoms with E-state index in [1.165, 1.54) is 6.26 Å². The Morgan fingerprint density at radius 1 is 1.57 bits per heavy atom. The number of hydrogen-bond donors (Lipinski definition) is 1. The third-order valence-corrected chi connectivity index (χ3v) is 5.20. The first-order valence-electron chi connectivity index (χ1n) is 5.03. The fraction of sp³-hybridized carbons (Fsp3) is 1.00. The van der Waals surface area contributed by atoms with Gasteiger partial charge < -0.3 is 5.11 Å². The maximum absolute atomic E-state index is 11.4. The van der Waals surface area contributed by atoms with E-state index in [9.17, 15) is 13.5 Å². The summed E-state index contributed by atoms with van der Waals surface area (Å²) in [5, 5.41) is 9.11. The van der Waals surface area contributed by atoms with E-state index in [-0.39, 0.29) is 17.4 Å². The Morgan fingerprint density at radius 3 is 2.79 bits per heavy atom. The lowest BCUT2D eigenvalue weighted by atomic mass is 9.95. The third-order valence-electron chi connectivity index (χ3n) is 3.67. The lowest BCUT2D eigenvalue weighted by molar-refractivity contribution is 0.0999. The Hall–Kier alpha value is -0.130. The molecule has 1 N–H and O–H groups in total. The summed E-state index contributed by atoms with van der Waals surface area (Å²) >= 11 is 0. The minimum atomic E-state index is -2.95. The van der Waals surface area contributed by atoms with Crippen LogP contribution in [0.1, 0.15) is 19.3 Å². The fourth-order valence-corrected chi connectivity index (χ4v) is 3.84. The Bertz CT molecular complexity index is 327. The maximum Gasteiger partial charge on any atom is 0.151 e. The summed E-state index contributed by atoms with van der Waals surface area (Å²) in [6.07, 6.45) is 3.93. The number of nitrogens with zero attached hydrogens (tertiary/aromatic N) is 1. The molecule has 2 atom stereocenters. The smallest absolute Gasteiger partial charge is 0.151 e. The highest BCUT2D eigenvalue weighted by Gasteiger charge is 2.50. The van der Waals surface area contributed by atoms with Crippen molar-refractivity contribution in [3.8, 4) is 0 Å². The van der Waals surface area contributed by atoms with E-state index in [1.54, 1.807) is 0 Å². The molecule has 14 heavy (non-hydrogen) atoms. The number of hydrogen-bond acceptors (Lipinski definition) is 4. The van der Waals surface area contributed by atoms with Crippen LogP contribution in [0.25, 0.3) is 0 Å². The highest BCUT2D eigenvalue weighted by atomic mass is 32.2. The molecule has 82 valence electrons. The number of sulfone groups is 1.